The first-order valence-electron chi connectivity index (χ1n) is 10.6. The van der Waals surface area contributed by atoms with Crippen molar-refractivity contribution in [1.29, 1.82) is 0 Å². The maximum Gasteiger partial charge on any atom is 0.242 e. The van der Waals surface area contributed by atoms with Crippen LogP contribution in [0.5, 0.6) is 5.88 Å². The second-order valence-electron chi connectivity index (χ2n) is 8.30. The first-order chi connectivity index (χ1) is 15.4. The molecule has 1 aliphatic rings. The predicted octanol–water partition coefficient (Wildman–Crippen LogP) is 3.20. The van der Waals surface area contributed by atoms with Gasteiger partial charge in [-0.1, -0.05) is 24.3 Å². The zero-order chi connectivity index (χ0) is 22.7. The molecule has 0 N–H and O–H groups in total. The van der Waals surface area contributed by atoms with Crippen LogP contribution in [0.3, 0.4) is 0 Å². The number of carbonyl (C=O) groups is 1. The Hall–Kier alpha value is -3.10. The third kappa shape index (κ3) is 4.71. The van der Waals surface area contributed by atoms with Crippen LogP contribution in [0.25, 0.3) is 22.3 Å². The van der Waals surface area contributed by atoms with Gasteiger partial charge < -0.3 is 19.1 Å². The number of ether oxygens (including phenoxy) is 3. The van der Waals surface area contributed by atoms with Crippen LogP contribution in [0.1, 0.15) is 26.3 Å². The summed E-state index contributed by atoms with van der Waals surface area (Å²) < 4.78 is 17.4. The molecule has 0 saturated carbocycles. The number of morpholine rings is 1. The molecule has 2 aromatic heterocycles. The normalized spacial score (nSPS) is 16.9. The maximum absolute atomic E-state index is 11.7. The van der Waals surface area contributed by atoms with Crippen molar-refractivity contribution < 1.29 is 19.0 Å². The van der Waals surface area contributed by atoms with Gasteiger partial charge in [-0.3, -0.25) is 9.78 Å². The maximum atomic E-state index is 11.7. The topological polar surface area (TPSA) is 86.7 Å². The highest BCUT2D eigenvalue weighted by atomic mass is 16.5. The van der Waals surface area contributed by atoms with E-state index in [2.05, 4.69) is 9.97 Å². The minimum atomic E-state index is -0.372. The highest BCUT2D eigenvalue weighted by molar-refractivity contribution is 5.83. The lowest BCUT2D eigenvalue weighted by molar-refractivity contribution is -0.137. The Morgan fingerprint density at radius 1 is 1.22 bits per heavy atom. The number of carbonyl (C=O) groups excluding carboxylic acids is 1. The number of hydrogen-bond acceptors (Lipinski definition) is 7. The van der Waals surface area contributed by atoms with Gasteiger partial charge in [0.05, 0.1) is 30.0 Å². The summed E-state index contributed by atoms with van der Waals surface area (Å²) in [5.41, 5.74) is 3.67. The van der Waals surface area contributed by atoms with Crippen molar-refractivity contribution in [3.8, 4) is 17.1 Å². The van der Waals surface area contributed by atoms with Gasteiger partial charge in [-0.05, 0) is 25.5 Å². The van der Waals surface area contributed by atoms with Gasteiger partial charge in [0.2, 0.25) is 11.8 Å². The number of nitrogens with zero attached hydrogens (tertiary/aromatic N) is 4. The Kier molecular flexibility index (Phi) is 6.34. The molecule has 0 aliphatic carbocycles. The summed E-state index contributed by atoms with van der Waals surface area (Å²) in [6.45, 7) is 7.48. The van der Waals surface area contributed by atoms with Gasteiger partial charge in [0.1, 0.15) is 12.7 Å². The average Bonchev–Trinajstić information content (AvgIpc) is 2.82. The molecule has 1 aliphatic heterocycles. The molecule has 1 saturated heterocycles. The van der Waals surface area contributed by atoms with Crippen LogP contribution in [0.15, 0.2) is 42.7 Å². The first-order valence-corrected chi connectivity index (χ1v) is 10.6. The van der Waals surface area contributed by atoms with Crippen molar-refractivity contribution in [1.82, 2.24) is 19.9 Å². The van der Waals surface area contributed by atoms with E-state index in [1.54, 1.807) is 31.3 Å². The van der Waals surface area contributed by atoms with Gasteiger partial charge in [0, 0.05) is 38.5 Å². The molecule has 1 aromatic carbocycles. The summed E-state index contributed by atoms with van der Waals surface area (Å²) in [4.78, 5) is 27.0. The third-order valence-corrected chi connectivity index (χ3v) is 5.80. The molecule has 0 radical (unpaired) electrons. The quantitative estimate of drug-likeness (QED) is 0.586. The zero-order valence-corrected chi connectivity index (χ0v) is 18.9. The lowest BCUT2D eigenvalue weighted by atomic mass is 9.96. The van der Waals surface area contributed by atoms with Crippen molar-refractivity contribution in [2.75, 3.05) is 33.4 Å². The highest BCUT2D eigenvalue weighted by Gasteiger charge is 2.24. The number of fused-ring (bicyclic) bond motifs is 1. The molecule has 1 fully saturated rings. The van der Waals surface area contributed by atoms with Crippen molar-refractivity contribution >= 4 is 16.9 Å². The number of pyridine rings is 1. The third-order valence-electron chi connectivity index (χ3n) is 5.80. The summed E-state index contributed by atoms with van der Waals surface area (Å²) in [6, 6.07) is 10.0. The molecule has 32 heavy (non-hydrogen) atoms. The SMILES string of the molecule is COC(C)(C)c1ccc(-c2cc3nccnc3c(OCC3CN(C(C)=O)CCO3)n2)cc1. The molecular weight excluding hydrogens is 408 g/mol. The molecule has 3 aromatic rings. The second kappa shape index (κ2) is 9.18. The number of rotatable bonds is 6. The molecule has 8 nitrogen and oxygen atoms in total. The van der Waals surface area contributed by atoms with Crippen LogP contribution in [-0.4, -0.2) is 65.3 Å². The standard InChI is InChI=1S/C24H28N4O4/c1-16(29)28-11-12-31-19(14-28)15-32-23-22-21(25-9-10-26-22)13-20(27-23)17-5-7-18(8-6-17)24(2,3)30-4/h5-10,13,19H,11-12,14-15H2,1-4H3. The van der Waals surface area contributed by atoms with Gasteiger partial charge in [-0.2, -0.15) is 0 Å². The van der Waals surface area contributed by atoms with Crippen molar-refractivity contribution in [3.63, 3.8) is 0 Å². The molecule has 4 rings (SSSR count). The van der Waals surface area contributed by atoms with Gasteiger partial charge >= 0.3 is 0 Å². The lowest BCUT2D eigenvalue weighted by Gasteiger charge is -2.32. The summed E-state index contributed by atoms with van der Waals surface area (Å²) in [5, 5.41) is 0. The highest BCUT2D eigenvalue weighted by Crippen LogP contribution is 2.30. The first kappa shape index (κ1) is 22.1. The molecule has 168 valence electrons. The van der Waals surface area contributed by atoms with Crippen LogP contribution in [0, 0.1) is 0 Å². The Balaban J connectivity index is 1.60. The zero-order valence-electron chi connectivity index (χ0n) is 18.9. The van der Waals surface area contributed by atoms with Gasteiger partial charge in [-0.15, -0.1) is 0 Å². The Morgan fingerprint density at radius 2 is 1.97 bits per heavy atom. The Labute approximate surface area is 187 Å². The molecular formula is C24H28N4O4. The van der Waals surface area contributed by atoms with Gasteiger partial charge in [-0.25, -0.2) is 9.97 Å². The van der Waals surface area contributed by atoms with Crippen LogP contribution < -0.4 is 4.74 Å². The fourth-order valence-corrected chi connectivity index (χ4v) is 3.63. The molecule has 3 heterocycles. The molecule has 1 amide bonds. The van der Waals surface area contributed by atoms with Gasteiger partial charge in [0.15, 0.2) is 5.52 Å². The largest absolute Gasteiger partial charge is 0.473 e. The van der Waals surface area contributed by atoms with Gasteiger partial charge in [0.25, 0.3) is 0 Å². The Bertz CT molecular complexity index is 1100. The van der Waals surface area contributed by atoms with E-state index in [1.807, 2.05) is 44.2 Å². The fraction of sp³-hybridized carbons (Fsp3) is 0.417. The summed E-state index contributed by atoms with van der Waals surface area (Å²) >= 11 is 0. The predicted molar refractivity (Wildman–Crippen MR) is 120 cm³/mol. The van der Waals surface area contributed by atoms with E-state index in [9.17, 15) is 4.79 Å². The van der Waals surface area contributed by atoms with Crippen LogP contribution in [0.4, 0.5) is 0 Å². The molecule has 8 heteroatoms. The molecule has 1 unspecified atom stereocenters. The molecule has 0 bridgehead atoms. The van der Waals surface area contributed by atoms with Crippen LogP contribution in [0.2, 0.25) is 0 Å². The number of methoxy groups -OCH3 is 1. The molecule has 1 atom stereocenters. The van der Waals surface area contributed by atoms with Crippen molar-refractivity contribution in [2.45, 2.75) is 32.5 Å². The monoisotopic (exact) mass is 436 g/mol. The number of benzene rings is 1. The Morgan fingerprint density at radius 3 is 2.69 bits per heavy atom. The number of amides is 1. The van der Waals surface area contributed by atoms with E-state index in [0.717, 1.165) is 16.8 Å². The number of aromatic nitrogens is 3. The number of hydrogen-bond donors (Lipinski definition) is 0. The van der Waals surface area contributed by atoms with E-state index < -0.39 is 0 Å². The minimum absolute atomic E-state index is 0.0369. The van der Waals surface area contributed by atoms with E-state index in [-0.39, 0.29) is 24.2 Å². The van der Waals surface area contributed by atoms with Crippen molar-refractivity contribution in [2.24, 2.45) is 0 Å². The van der Waals surface area contributed by atoms with Crippen LogP contribution >= 0.6 is 0 Å². The van der Waals surface area contributed by atoms with E-state index in [1.165, 1.54) is 0 Å². The van der Waals surface area contributed by atoms with E-state index in [0.29, 0.717) is 36.6 Å². The lowest BCUT2D eigenvalue weighted by Crippen LogP contribution is -2.46. The van der Waals surface area contributed by atoms with E-state index >= 15 is 0 Å². The van der Waals surface area contributed by atoms with Crippen LogP contribution in [-0.2, 0) is 19.9 Å². The minimum Gasteiger partial charge on any atom is -0.473 e. The summed E-state index contributed by atoms with van der Waals surface area (Å²) in [7, 11) is 1.70. The van der Waals surface area contributed by atoms with Crippen molar-refractivity contribution in [3.05, 3.63) is 48.3 Å². The smallest absolute Gasteiger partial charge is 0.242 e. The second-order valence-corrected chi connectivity index (χ2v) is 8.30. The molecule has 0 spiro atoms. The van der Waals surface area contributed by atoms with E-state index in [4.69, 9.17) is 19.2 Å². The summed E-state index contributed by atoms with van der Waals surface area (Å²) in [5.74, 6) is 0.435. The summed E-state index contributed by atoms with van der Waals surface area (Å²) in [6.07, 6.45) is 3.04. The average molecular weight is 437 g/mol. The fourth-order valence-electron chi connectivity index (χ4n) is 3.63.